The molecule has 0 aromatic heterocycles. The molecule has 0 radical (unpaired) electrons. The summed E-state index contributed by atoms with van der Waals surface area (Å²) in [5.74, 6) is 0. The smallest absolute Gasteiger partial charge is 0.282 e. The summed E-state index contributed by atoms with van der Waals surface area (Å²) in [4.78, 5) is -0.601. The first-order valence-corrected chi connectivity index (χ1v) is 11.5. The molecule has 0 saturated carbocycles. The van der Waals surface area contributed by atoms with Crippen molar-refractivity contribution in [1.29, 1.82) is 0 Å². The summed E-state index contributed by atoms with van der Waals surface area (Å²) in [5.41, 5.74) is 0.513. The Kier molecular flexibility index (Phi) is 8.55. The fourth-order valence-electron chi connectivity index (χ4n) is 3.66. The molecule has 2 N–H and O–H groups in total. The predicted molar refractivity (Wildman–Crippen MR) is 110 cm³/mol. The maximum Gasteiger partial charge on any atom is 1.00 e. The van der Waals surface area contributed by atoms with Crippen molar-refractivity contribution in [2.45, 2.75) is 16.2 Å². The van der Waals surface area contributed by atoms with Gasteiger partial charge in [-0.05, 0) is 44.8 Å². The molecule has 6 nitrogen and oxygen atoms in total. The van der Waals surface area contributed by atoms with Gasteiger partial charge in [0.25, 0.3) is 20.2 Å². The molecule has 4 aromatic carbocycles. The van der Waals surface area contributed by atoms with E-state index in [1.165, 1.54) is 12.1 Å². The van der Waals surface area contributed by atoms with Gasteiger partial charge in [0.1, 0.15) is 0 Å². The molecule has 0 aliphatic carbocycles. The van der Waals surface area contributed by atoms with Gasteiger partial charge in [0, 0.05) is 6.42 Å². The van der Waals surface area contributed by atoms with E-state index in [1.54, 1.807) is 60.7 Å². The van der Waals surface area contributed by atoms with Gasteiger partial charge in [-0.25, -0.2) is 0 Å². The Balaban J connectivity index is 0.00000171. The second-order valence-electron chi connectivity index (χ2n) is 6.65. The van der Waals surface area contributed by atoms with Gasteiger partial charge in [-0.2, -0.15) is 16.8 Å². The second-order valence-corrected chi connectivity index (χ2v) is 9.43. The van der Waals surface area contributed by atoms with E-state index >= 15 is 0 Å². The zero-order valence-corrected chi connectivity index (χ0v) is 22.6. The van der Waals surface area contributed by atoms with E-state index in [2.05, 4.69) is 0 Å². The number of hydrogen-bond donors (Lipinski definition) is 2. The van der Waals surface area contributed by atoms with Crippen LogP contribution in [0.5, 0.6) is 0 Å². The summed E-state index contributed by atoms with van der Waals surface area (Å²) < 4.78 is 67.6. The van der Waals surface area contributed by atoms with Crippen LogP contribution in [0.2, 0.25) is 0 Å². The molecule has 0 heterocycles. The number of fused-ring (bicyclic) bond motifs is 2. The van der Waals surface area contributed by atoms with Crippen LogP contribution >= 0.6 is 0 Å². The van der Waals surface area contributed by atoms with Gasteiger partial charge in [-0.1, -0.05) is 60.7 Å². The first-order valence-electron chi connectivity index (χ1n) is 8.62. The molecule has 148 valence electrons. The van der Waals surface area contributed by atoms with Crippen LogP contribution in [0.3, 0.4) is 0 Å². The van der Waals surface area contributed by atoms with Gasteiger partial charge < -0.3 is 0 Å². The summed E-state index contributed by atoms with van der Waals surface area (Å²) in [6.07, 6.45) is -0.118. The first kappa shape index (κ1) is 26.5. The molecule has 0 spiro atoms. The van der Waals surface area contributed by atoms with Gasteiger partial charge in [0.05, 0.1) is 9.79 Å². The molecule has 0 fully saturated rings. The molecule has 0 unspecified atom stereocenters. The maximum atomic E-state index is 12.0. The zero-order valence-electron chi connectivity index (χ0n) is 17.0. The Morgan fingerprint density at radius 3 is 1.26 bits per heavy atom. The van der Waals surface area contributed by atoms with E-state index < -0.39 is 20.2 Å². The SMILES string of the molecule is O=S(=O)(O)c1ccc2ccccc2c1Cc1c(S(=O)(=O)O)ccc2ccccc12.[Na+].[Na+]. The minimum absolute atomic E-state index is 0. The van der Waals surface area contributed by atoms with Crippen LogP contribution in [-0.2, 0) is 26.7 Å². The maximum absolute atomic E-state index is 12.0. The zero-order chi connectivity index (χ0) is 20.8. The average molecular weight is 474 g/mol. The van der Waals surface area contributed by atoms with E-state index in [-0.39, 0.29) is 86.5 Å². The van der Waals surface area contributed by atoms with Crippen molar-refractivity contribution in [1.82, 2.24) is 0 Å². The van der Waals surface area contributed by atoms with Crippen molar-refractivity contribution in [3.63, 3.8) is 0 Å². The van der Waals surface area contributed by atoms with E-state index in [9.17, 15) is 25.9 Å². The fraction of sp³-hybridized carbons (Fsp3) is 0.0476. The van der Waals surface area contributed by atoms with Gasteiger partial charge in [0.15, 0.2) is 0 Å². The Bertz CT molecular complexity index is 1370. The standard InChI is InChI=1S/C21H16O6S2.2Na/c22-28(23,24)20-11-9-14-5-1-3-7-16(14)18(20)13-19-17-8-4-2-6-15(17)10-12-21(19)29(25,26)27;;/h1-12H,13H2,(H,22,23,24)(H,25,26,27);;/q;2*+1. The van der Waals surface area contributed by atoms with Gasteiger partial charge in [-0.15, -0.1) is 0 Å². The minimum Gasteiger partial charge on any atom is -0.282 e. The van der Waals surface area contributed by atoms with Crippen LogP contribution in [0.1, 0.15) is 11.1 Å². The first-order chi connectivity index (χ1) is 13.7. The van der Waals surface area contributed by atoms with E-state index in [0.717, 1.165) is 10.8 Å². The van der Waals surface area contributed by atoms with Crippen LogP contribution in [0.15, 0.2) is 82.6 Å². The molecule has 10 heteroatoms. The van der Waals surface area contributed by atoms with Crippen LogP contribution in [-0.4, -0.2) is 25.9 Å². The molecule has 0 amide bonds. The van der Waals surface area contributed by atoms with Crippen molar-refractivity contribution < 1.29 is 85.1 Å². The number of rotatable bonds is 4. The van der Waals surface area contributed by atoms with Crippen molar-refractivity contribution in [2.24, 2.45) is 0 Å². The van der Waals surface area contributed by atoms with Crippen LogP contribution in [0.25, 0.3) is 21.5 Å². The van der Waals surface area contributed by atoms with Gasteiger partial charge in [-0.3, -0.25) is 9.11 Å². The average Bonchev–Trinajstić information content (AvgIpc) is 2.66. The summed E-state index contributed by atoms with van der Waals surface area (Å²) in [6, 6.07) is 19.8. The van der Waals surface area contributed by atoms with Crippen molar-refractivity contribution in [2.75, 3.05) is 0 Å². The Morgan fingerprint density at radius 1 is 0.548 bits per heavy atom. The number of hydrogen-bond acceptors (Lipinski definition) is 4. The molecule has 0 aliphatic rings. The van der Waals surface area contributed by atoms with Crippen molar-refractivity contribution >= 4 is 41.8 Å². The Hall–Kier alpha value is -0.780. The summed E-state index contributed by atoms with van der Waals surface area (Å²) >= 11 is 0. The van der Waals surface area contributed by atoms with Crippen molar-refractivity contribution in [3.05, 3.63) is 83.9 Å². The second kappa shape index (κ2) is 10.0. The van der Waals surface area contributed by atoms with Gasteiger partial charge >= 0.3 is 59.1 Å². The quantitative estimate of drug-likeness (QED) is 0.264. The minimum atomic E-state index is -4.56. The Labute approximate surface area is 224 Å². The predicted octanol–water partition coefficient (Wildman–Crippen LogP) is -1.91. The Morgan fingerprint density at radius 2 is 0.903 bits per heavy atom. The molecule has 0 saturated heterocycles. The van der Waals surface area contributed by atoms with Gasteiger partial charge in [0.2, 0.25) is 0 Å². The third kappa shape index (κ3) is 5.42. The molecule has 0 bridgehead atoms. The number of benzene rings is 4. The normalized spacial score (nSPS) is 11.7. The van der Waals surface area contributed by atoms with Crippen molar-refractivity contribution in [3.8, 4) is 0 Å². The summed E-state index contributed by atoms with van der Waals surface area (Å²) in [7, 11) is -9.12. The molecule has 31 heavy (non-hydrogen) atoms. The van der Waals surface area contributed by atoms with E-state index in [4.69, 9.17) is 0 Å². The summed E-state index contributed by atoms with van der Waals surface area (Å²) in [5, 5.41) is 2.61. The molecule has 0 atom stereocenters. The molecule has 4 rings (SSSR count). The largest absolute Gasteiger partial charge is 1.00 e. The fourth-order valence-corrected chi connectivity index (χ4v) is 5.12. The molecule has 0 aliphatic heterocycles. The van der Waals surface area contributed by atoms with E-state index in [0.29, 0.717) is 10.8 Å². The third-order valence-electron chi connectivity index (χ3n) is 4.90. The third-order valence-corrected chi connectivity index (χ3v) is 6.78. The molecular formula is C21H16Na2O6S2+2. The summed E-state index contributed by atoms with van der Waals surface area (Å²) in [6.45, 7) is 0. The van der Waals surface area contributed by atoms with Crippen LogP contribution in [0.4, 0.5) is 0 Å². The van der Waals surface area contributed by atoms with Crippen LogP contribution < -0.4 is 59.1 Å². The topological polar surface area (TPSA) is 109 Å². The van der Waals surface area contributed by atoms with E-state index in [1.807, 2.05) is 0 Å². The molecule has 4 aromatic rings. The molecular weight excluding hydrogens is 458 g/mol. The van der Waals surface area contributed by atoms with Crippen LogP contribution in [0, 0.1) is 0 Å². The monoisotopic (exact) mass is 474 g/mol.